The first kappa shape index (κ1) is 12.5. The van der Waals surface area contributed by atoms with Crippen LogP contribution in [0.4, 0.5) is 0 Å². The molecule has 2 saturated carbocycles. The molecule has 2 bridgehead atoms. The molecule has 2 fully saturated rings. The highest BCUT2D eigenvalue weighted by Crippen LogP contribution is 2.63. The minimum atomic E-state index is -0.0795. The molecule has 0 spiro atoms. The summed E-state index contributed by atoms with van der Waals surface area (Å²) in [5, 5.41) is 9.43. The van der Waals surface area contributed by atoms with Crippen LogP contribution in [0.25, 0.3) is 0 Å². The molecule has 2 rings (SSSR count). The number of aliphatic imine (C=N–C) groups is 1. The van der Waals surface area contributed by atoms with Gasteiger partial charge in [0.15, 0.2) is 0 Å². The van der Waals surface area contributed by atoms with Crippen LogP contribution in [0.2, 0.25) is 0 Å². The van der Waals surface area contributed by atoms with Crippen LogP contribution in [0, 0.1) is 16.7 Å². The lowest BCUT2D eigenvalue weighted by Crippen LogP contribution is -2.32. The van der Waals surface area contributed by atoms with Crippen LogP contribution < -0.4 is 0 Å². The Morgan fingerprint density at radius 3 is 2.71 bits per heavy atom. The first-order valence-corrected chi connectivity index (χ1v) is 6.51. The van der Waals surface area contributed by atoms with E-state index >= 15 is 0 Å². The third-order valence-electron chi connectivity index (χ3n) is 5.14. The molecule has 0 aromatic heterocycles. The fourth-order valence-corrected chi connectivity index (χ4v) is 3.44. The topological polar surface area (TPSA) is 41.8 Å². The molecule has 0 amide bonds. The highest BCUT2D eigenvalue weighted by molar-refractivity contribution is 5.94. The fraction of sp³-hybridized carbons (Fsp3) is 0.786. The lowest BCUT2D eigenvalue weighted by Gasteiger charge is -2.34. The van der Waals surface area contributed by atoms with E-state index in [1.807, 2.05) is 6.92 Å². The maximum Gasteiger partial charge on any atom is 0.295 e. The average molecular weight is 237 g/mol. The van der Waals surface area contributed by atoms with E-state index in [9.17, 15) is 5.11 Å². The number of aliphatic hydroxyl groups excluding tert-OH is 1. The van der Waals surface area contributed by atoms with Gasteiger partial charge in [0, 0.05) is 11.1 Å². The van der Waals surface area contributed by atoms with Crippen LogP contribution in [-0.2, 0) is 4.74 Å². The van der Waals surface area contributed by atoms with E-state index in [0.29, 0.717) is 12.0 Å². The predicted octanol–water partition coefficient (Wildman–Crippen LogP) is 3.67. The summed E-state index contributed by atoms with van der Waals surface area (Å²) >= 11 is 0. The number of hydrogen-bond donors (Lipinski definition) is 1. The van der Waals surface area contributed by atoms with E-state index in [-0.39, 0.29) is 11.4 Å². The molecule has 2 aliphatic rings. The largest absolute Gasteiger partial charge is 0.480 e. The third kappa shape index (κ3) is 1.76. The zero-order valence-corrected chi connectivity index (χ0v) is 11.3. The zero-order chi connectivity index (χ0) is 12.7. The van der Waals surface area contributed by atoms with Crippen molar-refractivity contribution < 1.29 is 9.84 Å². The van der Waals surface area contributed by atoms with Gasteiger partial charge in [-0.15, -0.1) is 0 Å². The van der Waals surface area contributed by atoms with Gasteiger partial charge in [-0.25, -0.2) is 0 Å². The number of nitrogens with zero attached hydrogens (tertiary/aromatic N) is 1. The molecule has 0 aromatic rings. The van der Waals surface area contributed by atoms with Gasteiger partial charge in [0.25, 0.3) is 5.95 Å². The van der Waals surface area contributed by atoms with Gasteiger partial charge in [-0.05, 0) is 37.5 Å². The SMILES string of the molecule is CCO/C(O)=C/N=C1CC2CCC1(C)C2(C)C. The summed E-state index contributed by atoms with van der Waals surface area (Å²) in [6, 6.07) is 0. The second-order valence-electron chi connectivity index (χ2n) is 5.97. The van der Waals surface area contributed by atoms with Crippen LogP contribution in [0.5, 0.6) is 0 Å². The summed E-state index contributed by atoms with van der Waals surface area (Å²) in [6.07, 6.45) is 5.05. The second kappa shape index (κ2) is 4.04. The molecule has 17 heavy (non-hydrogen) atoms. The molecule has 96 valence electrons. The van der Waals surface area contributed by atoms with Gasteiger partial charge in [0.1, 0.15) is 6.20 Å². The van der Waals surface area contributed by atoms with E-state index in [4.69, 9.17) is 4.74 Å². The van der Waals surface area contributed by atoms with Crippen molar-refractivity contribution in [3.8, 4) is 0 Å². The molecule has 0 heterocycles. The van der Waals surface area contributed by atoms with Crippen molar-refractivity contribution in [2.24, 2.45) is 21.7 Å². The van der Waals surface area contributed by atoms with Crippen molar-refractivity contribution in [1.29, 1.82) is 0 Å². The van der Waals surface area contributed by atoms with Crippen molar-refractivity contribution in [2.75, 3.05) is 6.61 Å². The minimum absolute atomic E-state index is 0.0795. The molecule has 0 aromatic carbocycles. The van der Waals surface area contributed by atoms with E-state index in [0.717, 1.165) is 12.3 Å². The van der Waals surface area contributed by atoms with E-state index < -0.39 is 0 Å². The molecule has 0 aliphatic heterocycles. The van der Waals surface area contributed by atoms with Gasteiger partial charge in [-0.3, -0.25) is 4.99 Å². The predicted molar refractivity (Wildman–Crippen MR) is 69.0 cm³/mol. The Balaban J connectivity index is 2.20. The molecule has 3 nitrogen and oxygen atoms in total. The Morgan fingerprint density at radius 1 is 1.53 bits per heavy atom. The van der Waals surface area contributed by atoms with E-state index in [1.165, 1.54) is 24.8 Å². The van der Waals surface area contributed by atoms with E-state index in [2.05, 4.69) is 25.8 Å². The number of rotatable bonds is 3. The maximum atomic E-state index is 9.43. The first-order chi connectivity index (χ1) is 7.91. The highest BCUT2D eigenvalue weighted by atomic mass is 16.6. The molecule has 3 heteroatoms. The standard InChI is InChI=1S/C14H23NO2/c1-5-17-12(16)9-15-11-8-10-6-7-14(11,4)13(10,2)3/h9-10,16H,5-8H2,1-4H3/b12-9+,15-11?. The fourth-order valence-electron chi connectivity index (χ4n) is 3.44. The van der Waals surface area contributed by atoms with Crippen molar-refractivity contribution in [1.82, 2.24) is 0 Å². The Labute approximate surface area is 104 Å². The molecular weight excluding hydrogens is 214 g/mol. The van der Waals surface area contributed by atoms with Gasteiger partial charge in [-0.1, -0.05) is 20.8 Å². The molecule has 2 unspecified atom stereocenters. The smallest absolute Gasteiger partial charge is 0.295 e. The summed E-state index contributed by atoms with van der Waals surface area (Å²) < 4.78 is 4.98. The normalized spacial score (nSPS) is 37.8. The summed E-state index contributed by atoms with van der Waals surface area (Å²) in [6.45, 7) is 9.32. The summed E-state index contributed by atoms with van der Waals surface area (Å²) in [4.78, 5) is 4.47. The summed E-state index contributed by atoms with van der Waals surface area (Å²) in [7, 11) is 0. The Hall–Kier alpha value is -0.990. The van der Waals surface area contributed by atoms with E-state index in [1.54, 1.807) is 0 Å². The van der Waals surface area contributed by atoms with Gasteiger partial charge in [0.05, 0.1) is 6.61 Å². The minimum Gasteiger partial charge on any atom is -0.480 e. The summed E-state index contributed by atoms with van der Waals surface area (Å²) in [5.74, 6) is 0.665. The number of hydrogen-bond acceptors (Lipinski definition) is 3. The van der Waals surface area contributed by atoms with Crippen LogP contribution >= 0.6 is 0 Å². The quantitative estimate of drug-likeness (QED) is 0.761. The first-order valence-electron chi connectivity index (χ1n) is 6.51. The highest BCUT2D eigenvalue weighted by Gasteiger charge is 2.59. The molecule has 2 atom stereocenters. The third-order valence-corrected chi connectivity index (χ3v) is 5.14. The molecular formula is C14H23NO2. The average Bonchev–Trinajstić information content (AvgIpc) is 2.59. The molecule has 2 aliphatic carbocycles. The molecule has 0 radical (unpaired) electrons. The van der Waals surface area contributed by atoms with Crippen molar-refractivity contribution >= 4 is 5.71 Å². The lowest BCUT2D eigenvalue weighted by atomic mass is 9.70. The van der Waals surface area contributed by atoms with Crippen molar-refractivity contribution in [2.45, 2.75) is 47.0 Å². The number of aliphatic hydroxyl groups is 1. The Bertz CT molecular complexity index is 370. The zero-order valence-electron chi connectivity index (χ0n) is 11.3. The van der Waals surface area contributed by atoms with Gasteiger partial charge < -0.3 is 9.84 Å². The number of ether oxygens (including phenoxy) is 1. The molecule has 0 saturated heterocycles. The maximum absolute atomic E-state index is 9.43. The van der Waals surface area contributed by atoms with Crippen LogP contribution in [-0.4, -0.2) is 17.4 Å². The molecule has 1 N–H and O–H groups in total. The Morgan fingerprint density at radius 2 is 2.24 bits per heavy atom. The van der Waals surface area contributed by atoms with Crippen LogP contribution in [0.15, 0.2) is 17.1 Å². The van der Waals surface area contributed by atoms with Gasteiger partial charge in [-0.2, -0.15) is 0 Å². The monoisotopic (exact) mass is 237 g/mol. The summed E-state index contributed by atoms with van der Waals surface area (Å²) in [5.41, 5.74) is 1.76. The van der Waals surface area contributed by atoms with Crippen LogP contribution in [0.3, 0.4) is 0 Å². The Kier molecular flexibility index (Phi) is 2.96. The van der Waals surface area contributed by atoms with Crippen molar-refractivity contribution in [3.05, 3.63) is 12.1 Å². The van der Waals surface area contributed by atoms with Gasteiger partial charge >= 0.3 is 0 Å². The van der Waals surface area contributed by atoms with Gasteiger partial charge in [0.2, 0.25) is 0 Å². The lowest BCUT2D eigenvalue weighted by molar-refractivity contribution is 0.101. The second-order valence-corrected chi connectivity index (χ2v) is 5.97. The van der Waals surface area contributed by atoms with Crippen molar-refractivity contribution in [3.63, 3.8) is 0 Å². The number of fused-ring (bicyclic) bond motifs is 2. The van der Waals surface area contributed by atoms with Crippen LogP contribution in [0.1, 0.15) is 47.0 Å².